The lowest BCUT2D eigenvalue weighted by atomic mass is 10.0. The van der Waals surface area contributed by atoms with Crippen LogP contribution < -0.4 is 0 Å². The average Bonchev–Trinajstić information content (AvgIpc) is 3.43. The summed E-state index contributed by atoms with van der Waals surface area (Å²) in [7, 11) is 0. The van der Waals surface area contributed by atoms with E-state index in [2.05, 4.69) is 106 Å². The van der Waals surface area contributed by atoms with E-state index in [1.807, 2.05) is 0 Å². The first-order chi connectivity index (χ1) is 38.0. The van der Waals surface area contributed by atoms with Gasteiger partial charge in [0.1, 0.15) is 13.2 Å². The Labute approximate surface area is 477 Å². The molecule has 6 nitrogen and oxygen atoms in total. The van der Waals surface area contributed by atoms with Crippen LogP contribution in [0.2, 0.25) is 0 Å². The lowest BCUT2D eigenvalue weighted by Gasteiger charge is -2.18. The Morgan fingerprint density at radius 3 is 0.831 bits per heavy atom. The second kappa shape index (κ2) is 65.1. The van der Waals surface area contributed by atoms with E-state index in [0.717, 1.165) is 83.5 Å². The van der Waals surface area contributed by atoms with E-state index in [4.69, 9.17) is 14.2 Å². The molecule has 0 aromatic heterocycles. The van der Waals surface area contributed by atoms with Crippen LogP contribution in [-0.4, -0.2) is 37.2 Å². The molecule has 444 valence electrons. The number of esters is 3. The van der Waals surface area contributed by atoms with Gasteiger partial charge in [0, 0.05) is 19.3 Å². The summed E-state index contributed by atoms with van der Waals surface area (Å²) in [6.07, 6.45) is 86.2. The van der Waals surface area contributed by atoms with Crippen molar-refractivity contribution >= 4 is 17.9 Å². The third-order valence-corrected chi connectivity index (χ3v) is 14.4. The minimum atomic E-state index is -0.804. The van der Waals surface area contributed by atoms with Gasteiger partial charge in [0.15, 0.2) is 6.10 Å². The smallest absolute Gasteiger partial charge is 0.306 e. The van der Waals surface area contributed by atoms with Crippen LogP contribution in [-0.2, 0) is 28.6 Å². The van der Waals surface area contributed by atoms with Gasteiger partial charge in [-0.2, -0.15) is 0 Å². The molecule has 1 unspecified atom stereocenters. The summed E-state index contributed by atoms with van der Waals surface area (Å²) >= 11 is 0. The second-order valence-electron chi connectivity index (χ2n) is 22.0. The third kappa shape index (κ3) is 63.3. The van der Waals surface area contributed by atoms with E-state index in [1.54, 1.807) is 0 Å². The summed E-state index contributed by atoms with van der Waals surface area (Å²) in [6, 6.07) is 0. The van der Waals surface area contributed by atoms with Gasteiger partial charge in [0.05, 0.1) is 0 Å². The van der Waals surface area contributed by atoms with Gasteiger partial charge in [-0.3, -0.25) is 14.4 Å². The minimum absolute atomic E-state index is 0.0953. The quantitative estimate of drug-likeness (QED) is 0.0261. The van der Waals surface area contributed by atoms with Gasteiger partial charge < -0.3 is 14.2 Å². The number of ether oxygens (including phenoxy) is 3. The molecule has 0 spiro atoms. The van der Waals surface area contributed by atoms with Crippen LogP contribution >= 0.6 is 0 Å². The molecule has 0 amide bonds. The zero-order chi connectivity index (χ0) is 55.7. The molecule has 0 fully saturated rings. The molecule has 0 aromatic carbocycles. The molecule has 0 N–H and O–H groups in total. The summed E-state index contributed by atoms with van der Waals surface area (Å²) in [4.78, 5) is 38.2. The van der Waals surface area contributed by atoms with Crippen molar-refractivity contribution in [1.29, 1.82) is 0 Å². The monoisotopic (exact) mass is 1070 g/mol. The lowest BCUT2D eigenvalue weighted by Crippen LogP contribution is -2.30. The van der Waals surface area contributed by atoms with E-state index in [1.165, 1.54) is 199 Å². The minimum Gasteiger partial charge on any atom is -0.462 e. The van der Waals surface area contributed by atoms with Gasteiger partial charge in [0.2, 0.25) is 0 Å². The summed E-state index contributed by atoms with van der Waals surface area (Å²) in [5.41, 5.74) is 0. The number of carbonyl (C=O) groups is 3. The van der Waals surface area contributed by atoms with Crippen molar-refractivity contribution < 1.29 is 28.6 Å². The van der Waals surface area contributed by atoms with Crippen molar-refractivity contribution in [3.8, 4) is 0 Å². The molecule has 1 atom stereocenters. The molecule has 0 bridgehead atoms. The van der Waals surface area contributed by atoms with Crippen molar-refractivity contribution in [3.05, 3.63) is 85.1 Å². The fraction of sp³-hybridized carbons (Fsp3) is 0.761. The van der Waals surface area contributed by atoms with Gasteiger partial charge in [-0.1, -0.05) is 305 Å². The number of rotatable bonds is 60. The molecular formula is C71H124O6. The Morgan fingerprint density at radius 2 is 0.519 bits per heavy atom. The number of carbonyl (C=O) groups excluding carboxylic acids is 3. The Hall–Kier alpha value is -3.41. The van der Waals surface area contributed by atoms with E-state index < -0.39 is 6.10 Å². The number of allylic oxidation sites excluding steroid dienone is 14. The predicted molar refractivity (Wildman–Crippen MR) is 334 cm³/mol. The molecule has 0 aliphatic heterocycles. The molecule has 0 saturated carbocycles. The molecule has 0 aliphatic rings. The summed E-state index contributed by atoms with van der Waals surface area (Å²) in [5.74, 6) is -0.942. The molecule has 0 rings (SSSR count). The third-order valence-electron chi connectivity index (χ3n) is 14.4. The largest absolute Gasteiger partial charge is 0.462 e. The Kier molecular flexibility index (Phi) is 62.2. The Bertz CT molecular complexity index is 1470. The van der Waals surface area contributed by atoms with Gasteiger partial charge in [0.25, 0.3) is 0 Å². The molecule has 0 saturated heterocycles. The van der Waals surface area contributed by atoms with E-state index in [9.17, 15) is 14.4 Å². The molecule has 0 heterocycles. The summed E-state index contributed by atoms with van der Waals surface area (Å²) in [6.45, 7) is 6.49. The maximum absolute atomic E-state index is 12.9. The van der Waals surface area contributed by atoms with Crippen LogP contribution in [0.5, 0.6) is 0 Å². The van der Waals surface area contributed by atoms with Gasteiger partial charge in [-0.15, -0.1) is 0 Å². The zero-order valence-corrected chi connectivity index (χ0v) is 51.0. The van der Waals surface area contributed by atoms with E-state index in [-0.39, 0.29) is 37.5 Å². The average molecular weight is 1070 g/mol. The molecule has 0 aliphatic carbocycles. The van der Waals surface area contributed by atoms with Crippen LogP contribution in [0.25, 0.3) is 0 Å². The Morgan fingerprint density at radius 1 is 0.273 bits per heavy atom. The maximum atomic E-state index is 12.9. The van der Waals surface area contributed by atoms with Crippen molar-refractivity contribution in [1.82, 2.24) is 0 Å². The highest BCUT2D eigenvalue weighted by Gasteiger charge is 2.19. The maximum Gasteiger partial charge on any atom is 0.306 e. The first kappa shape index (κ1) is 73.6. The highest BCUT2D eigenvalue weighted by molar-refractivity contribution is 5.71. The molecule has 6 heteroatoms. The zero-order valence-electron chi connectivity index (χ0n) is 51.0. The van der Waals surface area contributed by atoms with Crippen molar-refractivity contribution in [2.45, 2.75) is 335 Å². The second-order valence-corrected chi connectivity index (χ2v) is 22.0. The predicted octanol–water partition coefficient (Wildman–Crippen LogP) is 22.7. The van der Waals surface area contributed by atoms with Gasteiger partial charge in [-0.25, -0.2) is 0 Å². The SMILES string of the molecule is CC/C=C\C/C=C\C/C=C\C/C=C\C/C=C\CCCC(=O)OC(COC(=O)CCCCCCCCCCCCC)COC(=O)CCCCCCCCCCCCCCCCCCCCC/C=C\C/C=C\CCCCCCC. The number of hydrogen-bond acceptors (Lipinski definition) is 6. The highest BCUT2D eigenvalue weighted by Crippen LogP contribution is 2.17. The van der Waals surface area contributed by atoms with Crippen LogP contribution in [0, 0.1) is 0 Å². The lowest BCUT2D eigenvalue weighted by molar-refractivity contribution is -0.167. The van der Waals surface area contributed by atoms with Crippen molar-refractivity contribution in [2.75, 3.05) is 13.2 Å². The fourth-order valence-electron chi connectivity index (χ4n) is 9.45. The molecule has 0 radical (unpaired) electrons. The first-order valence-corrected chi connectivity index (χ1v) is 33.1. The van der Waals surface area contributed by atoms with Crippen LogP contribution in [0.1, 0.15) is 329 Å². The van der Waals surface area contributed by atoms with E-state index in [0.29, 0.717) is 19.3 Å². The van der Waals surface area contributed by atoms with Crippen LogP contribution in [0.15, 0.2) is 85.1 Å². The van der Waals surface area contributed by atoms with Gasteiger partial charge in [-0.05, 0) is 89.9 Å². The summed E-state index contributed by atoms with van der Waals surface area (Å²) < 4.78 is 16.8. The topological polar surface area (TPSA) is 78.9 Å². The van der Waals surface area contributed by atoms with Crippen LogP contribution in [0.4, 0.5) is 0 Å². The number of hydrogen-bond donors (Lipinski definition) is 0. The standard InChI is InChI=1S/C71H124O6/c1-4-7-10-13-16-19-22-24-26-28-29-30-31-32-33-34-35-36-37-38-39-40-41-43-44-46-49-52-55-58-61-64-70(73)76-67-68(66-75-69(72)63-60-57-54-51-48-21-18-15-12-9-6-3)77-71(74)65-62-59-56-53-50-47-45-42-27-25-23-20-17-14-11-8-5-2/h8,11,17,20,22,24-25,27-29,45,47,53,56,68H,4-7,9-10,12-16,18-19,21,23,26,30-44,46,48-52,54-55,57-67H2,1-3H3/b11-8-,20-17-,24-22-,27-25-,29-28-,47-45-,56-53-. The molecule has 0 aromatic rings. The Balaban J connectivity index is 4.18. The first-order valence-electron chi connectivity index (χ1n) is 33.1. The van der Waals surface area contributed by atoms with Gasteiger partial charge >= 0.3 is 17.9 Å². The van der Waals surface area contributed by atoms with Crippen molar-refractivity contribution in [2.24, 2.45) is 0 Å². The van der Waals surface area contributed by atoms with Crippen LogP contribution in [0.3, 0.4) is 0 Å². The van der Waals surface area contributed by atoms with Crippen molar-refractivity contribution in [3.63, 3.8) is 0 Å². The molecule has 77 heavy (non-hydrogen) atoms. The van der Waals surface area contributed by atoms with E-state index >= 15 is 0 Å². The summed E-state index contributed by atoms with van der Waals surface area (Å²) in [5, 5.41) is 0. The normalized spacial score (nSPS) is 12.6. The highest BCUT2D eigenvalue weighted by atomic mass is 16.6. The fourth-order valence-corrected chi connectivity index (χ4v) is 9.45. The molecular weight excluding hydrogens is 949 g/mol. The number of unbranched alkanes of at least 4 members (excludes halogenated alkanes) is 35.